The van der Waals surface area contributed by atoms with Crippen LogP contribution in [0.4, 0.5) is 17.1 Å². The third-order valence-electron chi connectivity index (χ3n) is 5.28. The second-order valence-corrected chi connectivity index (χ2v) is 7.30. The fourth-order valence-corrected chi connectivity index (χ4v) is 3.51. The fraction of sp³-hybridized carbons (Fsp3) is 0.208. The molecule has 1 aliphatic rings. The summed E-state index contributed by atoms with van der Waals surface area (Å²) in [4.78, 5) is 2.25. The largest absolute Gasteiger partial charge is 0.810 e. The van der Waals surface area contributed by atoms with Gasteiger partial charge in [-0.05, 0) is 72.7 Å². The van der Waals surface area contributed by atoms with Crippen molar-refractivity contribution in [1.29, 1.82) is 0 Å². The first-order valence-electron chi connectivity index (χ1n) is 9.20. The molecule has 0 N–H and O–H groups in total. The quantitative estimate of drug-likeness (QED) is 0.482. The van der Waals surface area contributed by atoms with Gasteiger partial charge in [-0.1, -0.05) is 48.9 Å². The molecule has 0 bridgehead atoms. The summed E-state index contributed by atoms with van der Waals surface area (Å²) in [5.74, 6) is 1.55. The molecule has 0 aromatic heterocycles. The van der Waals surface area contributed by atoms with Gasteiger partial charge in [0.2, 0.25) is 0 Å². The summed E-state index contributed by atoms with van der Waals surface area (Å²) in [6.07, 6.45) is 2.44. The van der Waals surface area contributed by atoms with Crippen LogP contribution < -0.4 is 4.90 Å². The van der Waals surface area contributed by atoms with Crippen LogP contribution in [-0.2, 0) is 0 Å². The van der Waals surface area contributed by atoms with E-state index in [1.807, 2.05) is 24.3 Å². The van der Waals surface area contributed by atoms with Crippen molar-refractivity contribution in [2.24, 2.45) is 5.92 Å². The first-order chi connectivity index (χ1) is 12.7. The number of nitrogens with zero attached hydrogens (tertiary/aromatic N) is 2. The third-order valence-corrected chi connectivity index (χ3v) is 5.28. The van der Waals surface area contributed by atoms with E-state index in [4.69, 9.17) is 0 Å². The zero-order chi connectivity index (χ0) is 18.1. The predicted octanol–water partition coefficient (Wildman–Crippen LogP) is 6.58. The summed E-state index contributed by atoms with van der Waals surface area (Å²) < 4.78 is 0. The van der Waals surface area contributed by atoms with E-state index in [0.29, 0.717) is 0 Å². The van der Waals surface area contributed by atoms with E-state index >= 15 is 0 Å². The van der Waals surface area contributed by atoms with Gasteiger partial charge in [-0.15, -0.1) is 0 Å². The molecular formula is C24H23N2-. The van der Waals surface area contributed by atoms with Crippen LogP contribution in [-0.4, -0.2) is 6.21 Å². The van der Waals surface area contributed by atoms with Gasteiger partial charge in [0.15, 0.2) is 0 Å². The first-order valence-corrected chi connectivity index (χ1v) is 9.20. The molecule has 0 amide bonds. The molecule has 1 fully saturated rings. The molecule has 0 radical (unpaired) electrons. The van der Waals surface area contributed by atoms with Crippen LogP contribution in [0.25, 0.3) is 5.41 Å². The van der Waals surface area contributed by atoms with Gasteiger partial charge in [-0.25, -0.2) is 0 Å². The lowest BCUT2D eigenvalue weighted by molar-refractivity contribution is 0.914. The maximum absolute atomic E-state index is 9.20. The predicted molar refractivity (Wildman–Crippen MR) is 111 cm³/mol. The molecule has 2 unspecified atom stereocenters. The van der Waals surface area contributed by atoms with E-state index in [-0.39, 0.29) is 0 Å². The molecule has 3 aromatic rings. The molecule has 1 aliphatic carbocycles. The van der Waals surface area contributed by atoms with Crippen LogP contribution in [0.15, 0.2) is 72.8 Å². The van der Waals surface area contributed by atoms with Gasteiger partial charge in [0.25, 0.3) is 0 Å². The van der Waals surface area contributed by atoms with Crippen LogP contribution in [0.1, 0.15) is 36.0 Å². The monoisotopic (exact) mass is 339 g/mol. The number of rotatable bonds is 5. The van der Waals surface area contributed by atoms with Crippen LogP contribution >= 0.6 is 0 Å². The summed E-state index contributed by atoms with van der Waals surface area (Å²) in [6, 6.07) is 25.5. The topological polar surface area (TPSA) is 25.5 Å². The standard InChI is InChI=1S/C24H23N2/c1-17-3-9-21(10-4-17)26(22-11-5-19(16-25)6-12-22)23-13-7-20(8-14-23)24-15-18(24)2/h3-14,16,18,24H,15H2,1-2H3/q-1. The number of anilines is 3. The molecule has 130 valence electrons. The van der Waals surface area contributed by atoms with Crippen LogP contribution in [0.5, 0.6) is 0 Å². The second-order valence-electron chi connectivity index (χ2n) is 7.30. The second kappa shape index (κ2) is 6.80. The molecular weight excluding hydrogens is 316 g/mol. The SMILES string of the molecule is Cc1ccc(N(c2ccc(C=[N-])cc2)c2ccc(C3CC3C)cc2)cc1. The van der Waals surface area contributed by atoms with E-state index < -0.39 is 0 Å². The highest BCUT2D eigenvalue weighted by molar-refractivity contribution is 5.84. The Hall–Kier alpha value is -2.87. The lowest BCUT2D eigenvalue weighted by Crippen LogP contribution is -2.10. The average molecular weight is 339 g/mol. The zero-order valence-corrected chi connectivity index (χ0v) is 15.3. The molecule has 4 rings (SSSR count). The third kappa shape index (κ3) is 3.28. The van der Waals surface area contributed by atoms with Gasteiger partial charge in [0.05, 0.1) is 0 Å². The van der Waals surface area contributed by atoms with E-state index in [9.17, 15) is 5.41 Å². The van der Waals surface area contributed by atoms with Crippen molar-refractivity contribution in [2.75, 3.05) is 4.90 Å². The highest BCUT2D eigenvalue weighted by Gasteiger charge is 2.33. The van der Waals surface area contributed by atoms with Crippen molar-refractivity contribution < 1.29 is 0 Å². The fourth-order valence-electron chi connectivity index (χ4n) is 3.51. The van der Waals surface area contributed by atoms with Crippen molar-refractivity contribution in [3.05, 3.63) is 94.9 Å². The summed E-state index contributed by atoms with van der Waals surface area (Å²) in [6.45, 7) is 4.42. The Morgan fingerprint density at radius 1 is 0.808 bits per heavy atom. The Morgan fingerprint density at radius 2 is 1.27 bits per heavy atom. The van der Waals surface area contributed by atoms with Gasteiger partial charge < -0.3 is 10.3 Å². The van der Waals surface area contributed by atoms with Crippen LogP contribution in [0.3, 0.4) is 0 Å². The Morgan fingerprint density at radius 3 is 1.73 bits per heavy atom. The van der Waals surface area contributed by atoms with Gasteiger partial charge in [-0.3, -0.25) is 0 Å². The van der Waals surface area contributed by atoms with Crippen LogP contribution in [0, 0.1) is 12.8 Å². The number of hydrogen-bond donors (Lipinski definition) is 0. The van der Waals surface area contributed by atoms with Gasteiger partial charge in [-0.2, -0.15) is 6.21 Å². The minimum Gasteiger partial charge on any atom is -0.810 e. The molecule has 2 nitrogen and oxygen atoms in total. The normalized spacial score (nSPS) is 18.4. The smallest absolute Gasteiger partial charge is 0.0462 e. The maximum Gasteiger partial charge on any atom is 0.0462 e. The Bertz CT molecular complexity index is 892. The molecule has 0 aliphatic heterocycles. The number of benzene rings is 3. The lowest BCUT2D eigenvalue weighted by atomic mass is 10.1. The van der Waals surface area contributed by atoms with Crippen LogP contribution in [0.2, 0.25) is 0 Å². The summed E-state index contributed by atoms with van der Waals surface area (Å²) in [5, 5.41) is 9.20. The van der Waals surface area contributed by atoms with Crippen molar-refractivity contribution in [1.82, 2.24) is 0 Å². The average Bonchev–Trinajstić information content (AvgIpc) is 3.41. The minimum atomic E-state index is 0.733. The van der Waals surface area contributed by atoms with Gasteiger partial charge in [0, 0.05) is 17.1 Å². The maximum atomic E-state index is 9.20. The van der Waals surface area contributed by atoms with Crippen molar-refractivity contribution in [3.8, 4) is 0 Å². The van der Waals surface area contributed by atoms with Gasteiger partial charge >= 0.3 is 0 Å². The van der Waals surface area contributed by atoms with E-state index in [1.54, 1.807) is 0 Å². The molecule has 2 atom stereocenters. The summed E-state index contributed by atoms with van der Waals surface area (Å²) in [7, 11) is 0. The van der Waals surface area contributed by atoms with E-state index in [2.05, 4.69) is 67.3 Å². The van der Waals surface area contributed by atoms with Crippen molar-refractivity contribution >= 4 is 23.3 Å². The van der Waals surface area contributed by atoms with E-state index in [1.165, 1.54) is 17.5 Å². The van der Waals surface area contributed by atoms with Crippen molar-refractivity contribution in [3.63, 3.8) is 0 Å². The highest BCUT2D eigenvalue weighted by Crippen LogP contribution is 2.47. The number of hydrogen-bond acceptors (Lipinski definition) is 1. The van der Waals surface area contributed by atoms with Crippen molar-refractivity contribution in [2.45, 2.75) is 26.2 Å². The Labute approximate surface area is 155 Å². The molecule has 2 heteroatoms. The molecule has 26 heavy (non-hydrogen) atoms. The summed E-state index contributed by atoms with van der Waals surface area (Å²) in [5.41, 5.74) is 6.84. The van der Waals surface area contributed by atoms with E-state index in [0.717, 1.165) is 40.7 Å². The molecule has 1 saturated carbocycles. The molecule has 3 aromatic carbocycles. The molecule has 0 heterocycles. The Balaban J connectivity index is 1.73. The zero-order valence-electron chi connectivity index (χ0n) is 15.3. The van der Waals surface area contributed by atoms with Gasteiger partial charge in [0.1, 0.15) is 0 Å². The lowest BCUT2D eigenvalue weighted by Gasteiger charge is -2.26. The number of aryl methyl sites for hydroxylation is 1. The summed E-state index contributed by atoms with van der Waals surface area (Å²) >= 11 is 0. The Kier molecular flexibility index (Phi) is 4.34. The first kappa shape index (κ1) is 16.6. The minimum absolute atomic E-state index is 0.733. The molecule has 0 saturated heterocycles. The molecule has 0 spiro atoms. The highest BCUT2D eigenvalue weighted by atomic mass is 15.1.